The molecule has 1 unspecified atom stereocenters. The van der Waals surface area contributed by atoms with E-state index in [-0.39, 0.29) is 11.6 Å². The number of aryl methyl sites for hydroxylation is 1. The van der Waals surface area contributed by atoms with Crippen molar-refractivity contribution < 1.29 is 9.90 Å². The number of hydrogen-bond acceptors (Lipinski definition) is 5. The van der Waals surface area contributed by atoms with Gasteiger partial charge in [0.2, 0.25) is 0 Å². The van der Waals surface area contributed by atoms with Crippen molar-refractivity contribution in [3.8, 4) is 0 Å². The number of aromatic carboxylic acids is 1. The molecule has 0 saturated carbocycles. The Morgan fingerprint density at radius 2 is 2.37 bits per heavy atom. The summed E-state index contributed by atoms with van der Waals surface area (Å²) in [7, 11) is 1.86. The van der Waals surface area contributed by atoms with Crippen LogP contribution in [0.1, 0.15) is 34.8 Å². The van der Waals surface area contributed by atoms with Gasteiger partial charge in [-0.1, -0.05) is 0 Å². The molecule has 7 heteroatoms. The summed E-state index contributed by atoms with van der Waals surface area (Å²) < 4.78 is 1.81. The molecule has 1 atom stereocenters. The lowest BCUT2D eigenvalue weighted by molar-refractivity contribution is 0.0695. The first-order valence-electron chi connectivity index (χ1n) is 5.84. The molecule has 2 rings (SSSR count). The van der Waals surface area contributed by atoms with Crippen LogP contribution in [-0.4, -0.2) is 30.8 Å². The average molecular weight is 261 g/mol. The maximum Gasteiger partial charge on any atom is 0.337 e. The van der Waals surface area contributed by atoms with Crippen LogP contribution in [0.3, 0.4) is 0 Å². The van der Waals surface area contributed by atoms with E-state index in [0.717, 1.165) is 5.82 Å². The van der Waals surface area contributed by atoms with Crippen molar-refractivity contribution in [2.24, 2.45) is 7.05 Å². The molecule has 2 aromatic rings. The first kappa shape index (κ1) is 13.2. The van der Waals surface area contributed by atoms with Crippen LogP contribution in [0.15, 0.2) is 24.7 Å². The van der Waals surface area contributed by atoms with Gasteiger partial charge in [0.1, 0.15) is 12.2 Å². The summed E-state index contributed by atoms with van der Waals surface area (Å²) in [6, 6.07) is 3.11. The molecule has 0 fully saturated rings. The van der Waals surface area contributed by atoms with Gasteiger partial charge >= 0.3 is 5.97 Å². The van der Waals surface area contributed by atoms with Gasteiger partial charge in [0.05, 0.1) is 17.3 Å². The van der Waals surface area contributed by atoms with Crippen LogP contribution < -0.4 is 5.32 Å². The Hall–Kier alpha value is -2.28. The smallest absolute Gasteiger partial charge is 0.337 e. The number of pyridine rings is 1. The number of carboxylic acid groups (broad SMARTS) is 1. The molecule has 19 heavy (non-hydrogen) atoms. The van der Waals surface area contributed by atoms with Crippen molar-refractivity contribution in [3.05, 3.63) is 41.7 Å². The maximum absolute atomic E-state index is 11.1. The van der Waals surface area contributed by atoms with Gasteiger partial charge in [0, 0.05) is 19.8 Å². The molecule has 0 aliphatic heterocycles. The summed E-state index contributed by atoms with van der Waals surface area (Å²) in [6.45, 7) is 2.30. The van der Waals surface area contributed by atoms with Gasteiger partial charge in [-0.3, -0.25) is 4.98 Å². The highest BCUT2D eigenvalue weighted by atomic mass is 16.4. The van der Waals surface area contributed by atoms with Crippen LogP contribution in [-0.2, 0) is 13.6 Å². The molecule has 0 aliphatic carbocycles. The van der Waals surface area contributed by atoms with Crippen LogP contribution in [0.5, 0.6) is 0 Å². The Balaban J connectivity index is 2.07. The van der Waals surface area contributed by atoms with Gasteiger partial charge in [-0.05, 0) is 19.1 Å². The Bertz CT molecular complexity index is 581. The number of rotatable bonds is 5. The van der Waals surface area contributed by atoms with E-state index in [0.29, 0.717) is 12.2 Å². The lowest BCUT2D eigenvalue weighted by Gasteiger charge is -2.13. The summed E-state index contributed by atoms with van der Waals surface area (Å²) in [5, 5.41) is 20.1. The third-order valence-electron chi connectivity index (χ3n) is 2.83. The van der Waals surface area contributed by atoms with Gasteiger partial charge < -0.3 is 15.0 Å². The van der Waals surface area contributed by atoms with Crippen LogP contribution in [0.25, 0.3) is 0 Å². The fourth-order valence-electron chi connectivity index (χ4n) is 1.80. The summed E-state index contributed by atoms with van der Waals surface area (Å²) in [6.07, 6.45) is 3.20. The van der Waals surface area contributed by atoms with E-state index in [9.17, 15) is 4.79 Å². The SMILES string of the molecule is CC(NCc1ncccc1C(=O)O)c1nncn1C. The van der Waals surface area contributed by atoms with Crippen LogP contribution >= 0.6 is 0 Å². The fraction of sp³-hybridized carbons (Fsp3) is 0.333. The third-order valence-corrected chi connectivity index (χ3v) is 2.83. The molecule has 0 aliphatic rings. The van der Waals surface area contributed by atoms with E-state index in [1.54, 1.807) is 24.7 Å². The van der Waals surface area contributed by atoms with Crippen molar-refractivity contribution in [2.45, 2.75) is 19.5 Å². The molecule has 2 aromatic heterocycles. The summed E-state index contributed by atoms with van der Waals surface area (Å²) in [4.78, 5) is 15.1. The Morgan fingerprint density at radius 3 is 3.00 bits per heavy atom. The molecule has 2 N–H and O–H groups in total. The molecular formula is C12H15N5O2. The molecule has 100 valence electrons. The van der Waals surface area contributed by atoms with Gasteiger partial charge in [-0.25, -0.2) is 4.79 Å². The normalized spacial score (nSPS) is 12.3. The standard InChI is InChI=1S/C12H15N5O2/c1-8(11-16-15-7-17(11)2)14-6-10-9(12(18)19)4-3-5-13-10/h3-5,7-8,14H,6H2,1-2H3,(H,18,19). The zero-order chi connectivity index (χ0) is 13.8. The zero-order valence-corrected chi connectivity index (χ0v) is 10.7. The zero-order valence-electron chi connectivity index (χ0n) is 10.7. The average Bonchev–Trinajstić information content (AvgIpc) is 2.82. The number of aromatic nitrogens is 4. The van der Waals surface area contributed by atoms with Gasteiger partial charge in [-0.15, -0.1) is 10.2 Å². The minimum atomic E-state index is -0.976. The molecule has 0 aromatic carbocycles. The Kier molecular flexibility index (Phi) is 3.86. The molecule has 0 spiro atoms. The van der Waals surface area contributed by atoms with Crippen LogP contribution in [0, 0.1) is 0 Å². The maximum atomic E-state index is 11.1. The Labute approximate surface area is 110 Å². The van der Waals surface area contributed by atoms with Gasteiger partial charge in [-0.2, -0.15) is 0 Å². The van der Waals surface area contributed by atoms with E-state index in [1.807, 2.05) is 18.5 Å². The summed E-state index contributed by atoms with van der Waals surface area (Å²) in [5.74, 6) is -0.191. The third kappa shape index (κ3) is 2.94. The number of nitrogens with zero attached hydrogens (tertiary/aromatic N) is 4. The van der Waals surface area contributed by atoms with Crippen molar-refractivity contribution in [3.63, 3.8) is 0 Å². The van der Waals surface area contributed by atoms with Gasteiger partial charge in [0.25, 0.3) is 0 Å². The molecule has 2 heterocycles. The van der Waals surface area contributed by atoms with E-state index in [2.05, 4.69) is 20.5 Å². The number of carboxylic acids is 1. The fourth-order valence-corrected chi connectivity index (χ4v) is 1.80. The number of nitrogens with one attached hydrogen (secondary N) is 1. The Morgan fingerprint density at radius 1 is 1.58 bits per heavy atom. The summed E-state index contributed by atoms with van der Waals surface area (Å²) >= 11 is 0. The van der Waals surface area contributed by atoms with Crippen molar-refractivity contribution >= 4 is 5.97 Å². The van der Waals surface area contributed by atoms with E-state index >= 15 is 0 Å². The predicted molar refractivity (Wildman–Crippen MR) is 67.5 cm³/mol. The number of carbonyl (C=O) groups is 1. The van der Waals surface area contributed by atoms with E-state index in [4.69, 9.17) is 5.11 Å². The minimum Gasteiger partial charge on any atom is -0.478 e. The van der Waals surface area contributed by atoms with Crippen molar-refractivity contribution in [2.75, 3.05) is 0 Å². The molecular weight excluding hydrogens is 246 g/mol. The monoisotopic (exact) mass is 261 g/mol. The second kappa shape index (κ2) is 5.57. The quantitative estimate of drug-likeness (QED) is 0.825. The molecule has 0 amide bonds. The number of hydrogen-bond donors (Lipinski definition) is 2. The largest absolute Gasteiger partial charge is 0.478 e. The van der Waals surface area contributed by atoms with E-state index in [1.165, 1.54) is 0 Å². The highest BCUT2D eigenvalue weighted by Gasteiger charge is 2.14. The molecule has 0 saturated heterocycles. The second-order valence-corrected chi connectivity index (χ2v) is 4.21. The van der Waals surface area contributed by atoms with Crippen molar-refractivity contribution in [1.82, 2.24) is 25.1 Å². The lowest BCUT2D eigenvalue weighted by Crippen LogP contribution is -2.23. The molecule has 7 nitrogen and oxygen atoms in total. The van der Waals surface area contributed by atoms with Crippen LogP contribution in [0.4, 0.5) is 0 Å². The van der Waals surface area contributed by atoms with Gasteiger partial charge in [0.15, 0.2) is 0 Å². The van der Waals surface area contributed by atoms with E-state index < -0.39 is 5.97 Å². The molecule has 0 bridgehead atoms. The predicted octanol–water partition coefficient (Wildman–Crippen LogP) is 0.759. The molecule has 0 radical (unpaired) electrons. The highest BCUT2D eigenvalue weighted by molar-refractivity contribution is 5.88. The second-order valence-electron chi connectivity index (χ2n) is 4.21. The first-order valence-corrected chi connectivity index (χ1v) is 5.84. The summed E-state index contributed by atoms with van der Waals surface area (Å²) in [5.41, 5.74) is 0.712. The van der Waals surface area contributed by atoms with Crippen LogP contribution in [0.2, 0.25) is 0 Å². The highest BCUT2D eigenvalue weighted by Crippen LogP contribution is 2.10. The topological polar surface area (TPSA) is 92.9 Å². The van der Waals surface area contributed by atoms with Crippen molar-refractivity contribution in [1.29, 1.82) is 0 Å². The first-order chi connectivity index (χ1) is 9.09. The minimum absolute atomic E-state index is 0.0452. The lowest BCUT2D eigenvalue weighted by atomic mass is 10.2.